The average Bonchev–Trinajstić information content (AvgIpc) is 2.39. The van der Waals surface area contributed by atoms with Crippen molar-refractivity contribution in [3.8, 4) is 0 Å². The predicted octanol–water partition coefficient (Wildman–Crippen LogP) is 3.79. The fraction of sp³-hybridized carbons (Fsp3) is 0.778. The molecule has 0 unspecified atom stereocenters. The Bertz CT molecular complexity index is 392. The van der Waals surface area contributed by atoms with Gasteiger partial charge in [0.1, 0.15) is 5.57 Å². The molecule has 0 aromatic heterocycles. The highest BCUT2D eigenvalue weighted by atomic mass is 16.6. The van der Waals surface area contributed by atoms with Crippen molar-refractivity contribution in [3.05, 3.63) is 11.1 Å². The molecule has 22 heavy (non-hydrogen) atoms. The maximum Gasteiger partial charge on any atom is 0.345 e. The normalized spacial score (nSPS) is 18.1. The van der Waals surface area contributed by atoms with Crippen LogP contribution in [0, 0.1) is 11.8 Å². The monoisotopic (exact) mass is 308 g/mol. The lowest BCUT2D eigenvalue weighted by Crippen LogP contribution is -2.31. The summed E-state index contributed by atoms with van der Waals surface area (Å²) in [6, 6.07) is 0. The summed E-state index contributed by atoms with van der Waals surface area (Å²) in [5, 5.41) is 0. The molecule has 0 aromatic carbocycles. The minimum atomic E-state index is -0.475. The number of hydrogen-bond donors (Lipinski definition) is 0. The van der Waals surface area contributed by atoms with Gasteiger partial charge in [0.05, 0.1) is 13.2 Å². The van der Waals surface area contributed by atoms with Crippen LogP contribution in [0.15, 0.2) is 11.1 Å². The fourth-order valence-corrected chi connectivity index (χ4v) is 3.03. The summed E-state index contributed by atoms with van der Waals surface area (Å²) in [6.07, 6.45) is 8.20. The van der Waals surface area contributed by atoms with Crippen LogP contribution < -0.4 is 0 Å². The Morgan fingerprint density at radius 2 is 1.23 bits per heavy atom. The molecule has 2 fully saturated rings. The van der Waals surface area contributed by atoms with E-state index in [0.29, 0.717) is 25.0 Å². The predicted molar refractivity (Wildman–Crippen MR) is 84.2 cm³/mol. The molecule has 0 aliphatic heterocycles. The number of hydrogen-bond acceptors (Lipinski definition) is 4. The van der Waals surface area contributed by atoms with Gasteiger partial charge in [-0.05, 0) is 55.9 Å². The summed E-state index contributed by atoms with van der Waals surface area (Å²) < 4.78 is 10.6. The molecule has 0 heterocycles. The van der Waals surface area contributed by atoms with Crippen LogP contribution in [-0.2, 0) is 19.1 Å². The second kappa shape index (κ2) is 8.35. The fourth-order valence-electron chi connectivity index (χ4n) is 3.03. The van der Waals surface area contributed by atoms with E-state index in [9.17, 15) is 9.59 Å². The van der Waals surface area contributed by atoms with Crippen LogP contribution in [0.2, 0.25) is 0 Å². The molecule has 0 amide bonds. The molecule has 0 atom stereocenters. The number of rotatable bonds is 8. The third kappa shape index (κ3) is 3.90. The molecule has 0 aromatic rings. The minimum absolute atomic E-state index is 0.219. The van der Waals surface area contributed by atoms with Crippen molar-refractivity contribution < 1.29 is 19.1 Å². The van der Waals surface area contributed by atoms with Gasteiger partial charge < -0.3 is 9.47 Å². The van der Waals surface area contributed by atoms with Crippen molar-refractivity contribution in [2.45, 2.75) is 65.2 Å². The Hall–Kier alpha value is -1.32. The topological polar surface area (TPSA) is 52.6 Å². The zero-order chi connectivity index (χ0) is 15.9. The lowest BCUT2D eigenvalue weighted by atomic mass is 9.67. The zero-order valence-electron chi connectivity index (χ0n) is 13.9. The highest BCUT2D eigenvalue weighted by molar-refractivity contribution is 6.15. The van der Waals surface area contributed by atoms with E-state index in [1.807, 2.05) is 13.8 Å². The summed E-state index contributed by atoms with van der Waals surface area (Å²) in [5.74, 6) is -0.194. The molecular formula is C18H28O4. The van der Waals surface area contributed by atoms with Gasteiger partial charge in [0.15, 0.2) is 0 Å². The molecule has 0 saturated heterocycles. The SMILES string of the molecule is CCCOC(=O)C(C(=O)OCCC)=C(C1CCC1)C1CCC1. The van der Waals surface area contributed by atoms with E-state index < -0.39 is 11.9 Å². The first-order valence-electron chi connectivity index (χ1n) is 8.77. The van der Waals surface area contributed by atoms with Crippen LogP contribution in [0.25, 0.3) is 0 Å². The summed E-state index contributed by atoms with van der Waals surface area (Å²) in [4.78, 5) is 24.9. The highest BCUT2D eigenvalue weighted by Crippen LogP contribution is 2.45. The molecule has 0 N–H and O–H groups in total. The van der Waals surface area contributed by atoms with Gasteiger partial charge in [-0.2, -0.15) is 0 Å². The Kier molecular flexibility index (Phi) is 6.47. The molecule has 2 saturated carbocycles. The molecule has 0 radical (unpaired) electrons. The largest absolute Gasteiger partial charge is 0.462 e. The Labute approximate surface area is 133 Å². The third-order valence-corrected chi connectivity index (χ3v) is 4.66. The second-order valence-electron chi connectivity index (χ2n) is 6.36. The van der Waals surface area contributed by atoms with Crippen molar-refractivity contribution in [3.63, 3.8) is 0 Å². The van der Waals surface area contributed by atoms with E-state index in [0.717, 1.165) is 44.1 Å². The van der Waals surface area contributed by atoms with Gasteiger partial charge in [0.25, 0.3) is 0 Å². The molecule has 4 nitrogen and oxygen atoms in total. The van der Waals surface area contributed by atoms with Crippen LogP contribution in [0.3, 0.4) is 0 Å². The van der Waals surface area contributed by atoms with Gasteiger partial charge in [-0.3, -0.25) is 0 Å². The van der Waals surface area contributed by atoms with E-state index in [1.54, 1.807) is 0 Å². The molecule has 2 rings (SSSR count). The zero-order valence-corrected chi connectivity index (χ0v) is 13.9. The van der Waals surface area contributed by atoms with Crippen molar-refractivity contribution in [2.24, 2.45) is 11.8 Å². The van der Waals surface area contributed by atoms with Crippen LogP contribution in [0.1, 0.15) is 65.2 Å². The molecule has 0 bridgehead atoms. The smallest absolute Gasteiger partial charge is 0.345 e. The van der Waals surface area contributed by atoms with Crippen molar-refractivity contribution >= 4 is 11.9 Å². The van der Waals surface area contributed by atoms with E-state index in [4.69, 9.17) is 9.47 Å². The molecule has 124 valence electrons. The number of allylic oxidation sites excluding steroid dienone is 1. The van der Waals surface area contributed by atoms with Gasteiger partial charge >= 0.3 is 11.9 Å². The van der Waals surface area contributed by atoms with E-state index in [-0.39, 0.29) is 5.57 Å². The standard InChI is InChI=1S/C18H28O4/c1-3-11-21-17(19)16(18(20)22-12-4-2)15(13-7-5-8-13)14-9-6-10-14/h13-14H,3-12H2,1-2H3. The highest BCUT2D eigenvalue weighted by Gasteiger charge is 2.38. The average molecular weight is 308 g/mol. The van der Waals surface area contributed by atoms with Crippen molar-refractivity contribution in [1.82, 2.24) is 0 Å². The summed E-state index contributed by atoms with van der Waals surface area (Å²) in [5.41, 5.74) is 1.26. The third-order valence-electron chi connectivity index (χ3n) is 4.66. The minimum Gasteiger partial charge on any atom is -0.462 e. The number of carbonyl (C=O) groups is 2. The van der Waals surface area contributed by atoms with E-state index in [1.165, 1.54) is 12.8 Å². The molecule has 4 heteroatoms. The summed E-state index contributed by atoms with van der Waals surface area (Å²) >= 11 is 0. The van der Waals surface area contributed by atoms with Gasteiger partial charge in [-0.25, -0.2) is 9.59 Å². The number of ether oxygens (including phenoxy) is 2. The molecular weight excluding hydrogens is 280 g/mol. The maximum absolute atomic E-state index is 12.5. The van der Waals surface area contributed by atoms with Gasteiger partial charge in [-0.1, -0.05) is 26.7 Å². The van der Waals surface area contributed by atoms with Crippen molar-refractivity contribution in [2.75, 3.05) is 13.2 Å². The quantitative estimate of drug-likeness (QED) is 0.296. The summed E-state index contributed by atoms with van der Waals surface area (Å²) in [6.45, 7) is 4.60. The number of esters is 2. The van der Waals surface area contributed by atoms with Crippen LogP contribution in [-0.4, -0.2) is 25.2 Å². The first-order chi connectivity index (χ1) is 10.7. The molecule has 2 aliphatic rings. The van der Waals surface area contributed by atoms with Gasteiger partial charge in [0, 0.05) is 0 Å². The van der Waals surface area contributed by atoms with E-state index >= 15 is 0 Å². The van der Waals surface area contributed by atoms with Gasteiger partial charge in [0.2, 0.25) is 0 Å². The Morgan fingerprint density at radius 1 is 0.818 bits per heavy atom. The van der Waals surface area contributed by atoms with E-state index in [2.05, 4.69) is 0 Å². The lowest BCUT2D eigenvalue weighted by molar-refractivity contribution is -0.147. The van der Waals surface area contributed by atoms with Gasteiger partial charge in [-0.15, -0.1) is 0 Å². The summed E-state index contributed by atoms with van der Waals surface area (Å²) in [7, 11) is 0. The van der Waals surface area contributed by atoms with Crippen LogP contribution in [0.4, 0.5) is 0 Å². The van der Waals surface area contributed by atoms with Crippen LogP contribution in [0.5, 0.6) is 0 Å². The second-order valence-corrected chi connectivity index (χ2v) is 6.36. The number of carbonyl (C=O) groups excluding carboxylic acids is 2. The van der Waals surface area contributed by atoms with Crippen molar-refractivity contribution in [1.29, 1.82) is 0 Å². The first-order valence-corrected chi connectivity index (χ1v) is 8.77. The molecule has 0 spiro atoms. The van der Waals surface area contributed by atoms with Crippen LogP contribution >= 0.6 is 0 Å². The maximum atomic E-state index is 12.5. The first kappa shape index (κ1) is 17.0. The molecule has 2 aliphatic carbocycles. The lowest BCUT2D eigenvalue weighted by Gasteiger charge is -2.38. The Balaban J connectivity index is 2.26. The Morgan fingerprint density at radius 3 is 1.50 bits per heavy atom.